The summed E-state index contributed by atoms with van der Waals surface area (Å²) >= 11 is 17.5. The predicted molar refractivity (Wildman–Crippen MR) is 82.8 cm³/mol. The standard InChI is InChI=1S/C13H15Cl2N3S/c1-17(8-2-3-8)4-5-18-12-7-10(15)9(14)6-11(12)16-13(18)19/h6-8H,2-5H2,1H3,(H,16,19). The zero-order valence-corrected chi connectivity index (χ0v) is 12.9. The van der Waals surface area contributed by atoms with E-state index in [0.717, 1.165) is 34.9 Å². The number of benzene rings is 1. The SMILES string of the molecule is CN(CCn1c(=S)[nH]c2cc(Cl)c(Cl)cc21)C1CC1. The van der Waals surface area contributed by atoms with Crippen LogP contribution in [-0.2, 0) is 6.54 Å². The van der Waals surface area contributed by atoms with Crippen LogP contribution in [-0.4, -0.2) is 34.1 Å². The number of imidazole rings is 1. The maximum atomic E-state index is 6.09. The van der Waals surface area contributed by atoms with Crippen molar-refractivity contribution in [2.75, 3.05) is 13.6 Å². The lowest BCUT2D eigenvalue weighted by molar-refractivity contribution is 0.310. The number of rotatable bonds is 4. The minimum atomic E-state index is 0.549. The van der Waals surface area contributed by atoms with Crippen molar-refractivity contribution in [2.24, 2.45) is 0 Å². The van der Waals surface area contributed by atoms with Crippen LogP contribution in [0.4, 0.5) is 0 Å². The van der Waals surface area contributed by atoms with Gasteiger partial charge in [0, 0.05) is 19.1 Å². The Hall–Kier alpha value is -0.550. The molecule has 1 fully saturated rings. The van der Waals surface area contributed by atoms with Gasteiger partial charge >= 0.3 is 0 Å². The first-order valence-electron chi connectivity index (χ1n) is 6.34. The Balaban J connectivity index is 1.91. The second-order valence-electron chi connectivity index (χ2n) is 5.08. The first-order valence-corrected chi connectivity index (χ1v) is 7.50. The van der Waals surface area contributed by atoms with Gasteiger partial charge in [0.05, 0.1) is 21.1 Å². The van der Waals surface area contributed by atoms with E-state index in [0.29, 0.717) is 10.0 Å². The van der Waals surface area contributed by atoms with E-state index in [2.05, 4.69) is 21.5 Å². The molecule has 102 valence electrons. The third kappa shape index (κ3) is 2.68. The highest BCUT2D eigenvalue weighted by Gasteiger charge is 2.25. The second-order valence-corrected chi connectivity index (χ2v) is 6.28. The molecule has 6 heteroatoms. The number of nitrogens with zero attached hydrogens (tertiary/aromatic N) is 2. The molecule has 0 bridgehead atoms. The van der Waals surface area contributed by atoms with Crippen LogP contribution in [0.25, 0.3) is 11.0 Å². The summed E-state index contributed by atoms with van der Waals surface area (Å²) in [5.41, 5.74) is 1.96. The molecule has 1 saturated carbocycles. The number of fused-ring (bicyclic) bond motifs is 1. The van der Waals surface area contributed by atoms with Crippen molar-refractivity contribution >= 4 is 46.5 Å². The molecule has 0 atom stereocenters. The molecule has 3 rings (SSSR count). The minimum absolute atomic E-state index is 0.549. The number of halogens is 2. The average Bonchev–Trinajstić information content (AvgIpc) is 3.15. The number of aromatic amines is 1. The lowest BCUT2D eigenvalue weighted by atomic mass is 10.3. The summed E-state index contributed by atoms with van der Waals surface area (Å²) in [7, 11) is 2.17. The first-order chi connectivity index (χ1) is 9.06. The van der Waals surface area contributed by atoms with Gasteiger partial charge in [0.1, 0.15) is 0 Å². The summed E-state index contributed by atoms with van der Waals surface area (Å²) in [6, 6.07) is 4.47. The minimum Gasteiger partial charge on any atom is -0.331 e. The van der Waals surface area contributed by atoms with E-state index in [1.54, 1.807) is 0 Å². The second kappa shape index (κ2) is 5.09. The van der Waals surface area contributed by atoms with Crippen LogP contribution in [0, 0.1) is 4.77 Å². The van der Waals surface area contributed by atoms with Gasteiger partial charge in [-0.05, 0) is 44.2 Å². The Morgan fingerprint density at radius 2 is 2.05 bits per heavy atom. The summed E-state index contributed by atoms with van der Waals surface area (Å²) < 4.78 is 2.81. The first kappa shape index (κ1) is 13.4. The highest BCUT2D eigenvalue weighted by molar-refractivity contribution is 7.71. The molecule has 1 aliphatic carbocycles. The zero-order chi connectivity index (χ0) is 13.6. The Morgan fingerprint density at radius 1 is 1.37 bits per heavy atom. The monoisotopic (exact) mass is 315 g/mol. The molecule has 0 saturated heterocycles. The summed E-state index contributed by atoms with van der Waals surface area (Å²) in [5, 5.41) is 1.11. The van der Waals surface area contributed by atoms with Crippen LogP contribution in [0.3, 0.4) is 0 Å². The number of hydrogen-bond acceptors (Lipinski definition) is 2. The number of H-pyrrole nitrogens is 1. The van der Waals surface area contributed by atoms with Crippen LogP contribution in [0.15, 0.2) is 12.1 Å². The van der Waals surface area contributed by atoms with Crippen molar-refractivity contribution < 1.29 is 0 Å². The molecule has 3 nitrogen and oxygen atoms in total. The Kier molecular flexibility index (Phi) is 3.60. The third-order valence-corrected chi connectivity index (χ3v) is 4.71. The lowest BCUT2D eigenvalue weighted by Crippen LogP contribution is -2.25. The van der Waals surface area contributed by atoms with Gasteiger partial charge in [0.2, 0.25) is 0 Å². The predicted octanol–water partition coefficient (Wildman–Crippen LogP) is 4.10. The van der Waals surface area contributed by atoms with E-state index in [-0.39, 0.29) is 0 Å². The fourth-order valence-electron chi connectivity index (χ4n) is 2.33. The zero-order valence-electron chi connectivity index (χ0n) is 10.6. The number of nitrogens with one attached hydrogen (secondary N) is 1. The molecule has 0 aliphatic heterocycles. The van der Waals surface area contributed by atoms with Gasteiger partial charge in [-0.2, -0.15) is 0 Å². The van der Waals surface area contributed by atoms with E-state index in [9.17, 15) is 0 Å². The Labute approximate surface area is 127 Å². The van der Waals surface area contributed by atoms with E-state index in [4.69, 9.17) is 35.4 Å². The molecular formula is C13H15Cl2N3S. The molecule has 1 N–H and O–H groups in total. The summed E-state index contributed by atoms with van der Waals surface area (Å²) in [5.74, 6) is 0. The highest BCUT2D eigenvalue weighted by atomic mass is 35.5. The van der Waals surface area contributed by atoms with Crippen molar-refractivity contribution in [3.8, 4) is 0 Å². The smallest absolute Gasteiger partial charge is 0.178 e. The van der Waals surface area contributed by atoms with Gasteiger partial charge in [-0.25, -0.2) is 0 Å². The van der Waals surface area contributed by atoms with Crippen molar-refractivity contribution in [1.29, 1.82) is 0 Å². The van der Waals surface area contributed by atoms with Crippen LogP contribution >= 0.6 is 35.4 Å². The van der Waals surface area contributed by atoms with Crippen LogP contribution < -0.4 is 0 Å². The highest BCUT2D eigenvalue weighted by Crippen LogP contribution is 2.28. The number of hydrogen-bond donors (Lipinski definition) is 1. The quantitative estimate of drug-likeness (QED) is 0.859. The van der Waals surface area contributed by atoms with Gasteiger partial charge in [-0.15, -0.1) is 0 Å². The molecular weight excluding hydrogens is 301 g/mol. The molecule has 0 amide bonds. The number of aromatic nitrogens is 2. The van der Waals surface area contributed by atoms with Gasteiger partial charge in [-0.1, -0.05) is 23.2 Å². The average molecular weight is 316 g/mol. The maximum Gasteiger partial charge on any atom is 0.178 e. The molecule has 0 radical (unpaired) electrons. The van der Waals surface area contributed by atoms with E-state index >= 15 is 0 Å². The van der Waals surface area contributed by atoms with Gasteiger partial charge < -0.3 is 14.5 Å². The Bertz CT molecular complexity index is 672. The molecule has 2 aromatic rings. The van der Waals surface area contributed by atoms with Crippen LogP contribution in [0.2, 0.25) is 10.0 Å². The van der Waals surface area contributed by atoms with E-state index < -0.39 is 0 Å². The topological polar surface area (TPSA) is 24.0 Å². The molecule has 1 aromatic carbocycles. The van der Waals surface area contributed by atoms with Crippen molar-refractivity contribution in [2.45, 2.75) is 25.4 Å². The normalized spacial score (nSPS) is 15.6. The molecule has 0 unspecified atom stereocenters. The maximum absolute atomic E-state index is 6.09. The molecule has 0 spiro atoms. The summed E-state index contributed by atoms with van der Waals surface area (Å²) in [4.78, 5) is 5.57. The lowest BCUT2D eigenvalue weighted by Gasteiger charge is -2.16. The van der Waals surface area contributed by atoms with Crippen molar-refractivity contribution in [1.82, 2.24) is 14.5 Å². The van der Waals surface area contributed by atoms with Crippen molar-refractivity contribution in [3.05, 3.63) is 26.9 Å². The van der Waals surface area contributed by atoms with Gasteiger partial charge in [0.25, 0.3) is 0 Å². The van der Waals surface area contributed by atoms with E-state index in [1.807, 2.05) is 12.1 Å². The largest absolute Gasteiger partial charge is 0.331 e. The summed E-state index contributed by atoms with van der Waals surface area (Å²) in [6.07, 6.45) is 2.63. The molecule has 1 aliphatic rings. The molecule has 1 heterocycles. The fraction of sp³-hybridized carbons (Fsp3) is 0.462. The van der Waals surface area contributed by atoms with Crippen LogP contribution in [0.5, 0.6) is 0 Å². The Morgan fingerprint density at radius 3 is 2.74 bits per heavy atom. The van der Waals surface area contributed by atoms with Crippen molar-refractivity contribution in [3.63, 3.8) is 0 Å². The van der Waals surface area contributed by atoms with Crippen LogP contribution in [0.1, 0.15) is 12.8 Å². The molecule has 1 aromatic heterocycles. The van der Waals surface area contributed by atoms with Gasteiger partial charge in [0.15, 0.2) is 4.77 Å². The van der Waals surface area contributed by atoms with Gasteiger partial charge in [-0.3, -0.25) is 0 Å². The van der Waals surface area contributed by atoms with E-state index in [1.165, 1.54) is 12.8 Å². The number of likely N-dealkylation sites (N-methyl/N-ethyl adjacent to an activating group) is 1. The fourth-order valence-corrected chi connectivity index (χ4v) is 2.95. The summed E-state index contributed by atoms with van der Waals surface area (Å²) in [6.45, 7) is 1.86. The third-order valence-electron chi connectivity index (χ3n) is 3.66. The molecule has 19 heavy (non-hydrogen) atoms.